The number of hydrogen-bond acceptors (Lipinski definition) is 4. The molecule has 2 amide bonds. The predicted molar refractivity (Wildman–Crippen MR) is 81.1 cm³/mol. The third-order valence-corrected chi connectivity index (χ3v) is 4.99. The molecule has 0 aromatic heterocycles. The van der Waals surface area contributed by atoms with E-state index in [9.17, 15) is 14.4 Å². The van der Waals surface area contributed by atoms with Crippen molar-refractivity contribution in [1.82, 2.24) is 5.06 Å². The molecular formula is C18H17NO4. The number of imide groups is 1. The van der Waals surface area contributed by atoms with Crippen LogP contribution >= 0.6 is 0 Å². The normalized spacial score (nSPS) is 28.7. The van der Waals surface area contributed by atoms with Crippen LogP contribution < -0.4 is 0 Å². The number of rotatable bonds is 2. The Hall–Kier alpha value is -2.43. The zero-order valence-corrected chi connectivity index (χ0v) is 12.6. The minimum atomic E-state index is -0.560. The molecule has 2 bridgehead atoms. The van der Waals surface area contributed by atoms with E-state index in [0.717, 1.165) is 25.7 Å². The lowest BCUT2D eigenvalue weighted by Crippen LogP contribution is -2.37. The second-order valence-electron chi connectivity index (χ2n) is 6.55. The first-order valence-electron chi connectivity index (χ1n) is 7.99. The Bertz CT molecular complexity index is 688. The van der Waals surface area contributed by atoms with E-state index in [0.29, 0.717) is 16.9 Å². The van der Waals surface area contributed by atoms with E-state index in [2.05, 4.69) is 12.2 Å². The Balaban J connectivity index is 1.49. The first-order chi connectivity index (χ1) is 11.1. The molecule has 0 spiro atoms. The van der Waals surface area contributed by atoms with Gasteiger partial charge in [0.15, 0.2) is 0 Å². The fraction of sp³-hybridized carbons (Fsp3) is 0.389. The largest absolute Gasteiger partial charge is 0.336 e. The summed E-state index contributed by atoms with van der Waals surface area (Å²) >= 11 is 0. The van der Waals surface area contributed by atoms with Crippen LogP contribution in [0.3, 0.4) is 0 Å². The molecule has 3 unspecified atom stereocenters. The average Bonchev–Trinajstić information content (AvgIpc) is 2.80. The zero-order chi connectivity index (χ0) is 16.0. The van der Waals surface area contributed by atoms with Gasteiger partial charge in [0.1, 0.15) is 0 Å². The topological polar surface area (TPSA) is 63.7 Å². The van der Waals surface area contributed by atoms with E-state index in [-0.39, 0.29) is 17.0 Å². The van der Waals surface area contributed by atoms with Gasteiger partial charge in [0.25, 0.3) is 11.8 Å². The molecule has 1 aromatic carbocycles. The highest BCUT2D eigenvalue weighted by atomic mass is 16.7. The highest BCUT2D eigenvalue weighted by Gasteiger charge is 2.41. The minimum Gasteiger partial charge on any atom is -0.329 e. The van der Waals surface area contributed by atoms with Crippen LogP contribution in [-0.4, -0.2) is 22.8 Å². The molecule has 0 N–H and O–H groups in total. The summed E-state index contributed by atoms with van der Waals surface area (Å²) < 4.78 is 0. The van der Waals surface area contributed by atoms with Gasteiger partial charge < -0.3 is 4.84 Å². The number of allylic oxidation sites excluding steroid dienone is 2. The van der Waals surface area contributed by atoms with Gasteiger partial charge in [0.05, 0.1) is 17.0 Å². The fourth-order valence-corrected chi connectivity index (χ4v) is 3.90. The molecule has 1 fully saturated rings. The summed E-state index contributed by atoms with van der Waals surface area (Å²) in [5.41, 5.74) is 0.572. The Morgan fingerprint density at radius 1 is 1.04 bits per heavy atom. The number of fused-ring (bicyclic) bond motifs is 3. The molecule has 1 saturated carbocycles. The first kappa shape index (κ1) is 14.2. The van der Waals surface area contributed by atoms with Crippen LogP contribution in [0.4, 0.5) is 0 Å². The minimum absolute atomic E-state index is 0.243. The molecule has 0 radical (unpaired) electrons. The van der Waals surface area contributed by atoms with Gasteiger partial charge in [-0.25, -0.2) is 4.79 Å². The van der Waals surface area contributed by atoms with Gasteiger partial charge in [-0.05, 0) is 49.7 Å². The molecule has 23 heavy (non-hydrogen) atoms. The summed E-state index contributed by atoms with van der Waals surface area (Å²) in [5.74, 6) is -0.928. The maximum absolute atomic E-state index is 12.4. The van der Waals surface area contributed by atoms with Gasteiger partial charge in [-0.1, -0.05) is 29.3 Å². The molecule has 4 rings (SSSR count). The smallest absolute Gasteiger partial charge is 0.329 e. The summed E-state index contributed by atoms with van der Waals surface area (Å²) in [6.07, 6.45) is 7.96. The van der Waals surface area contributed by atoms with Crippen LogP contribution in [0, 0.1) is 17.8 Å². The maximum atomic E-state index is 12.4. The van der Waals surface area contributed by atoms with Crippen molar-refractivity contribution in [1.29, 1.82) is 0 Å². The van der Waals surface area contributed by atoms with E-state index in [1.807, 2.05) is 0 Å². The van der Waals surface area contributed by atoms with Crippen LogP contribution in [0.25, 0.3) is 0 Å². The van der Waals surface area contributed by atoms with Gasteiger partial charge in [0.2, 0.25) is 0 Å². The van der Waals surface area contributed by atoms with Crippen molar-refractivity contribution >= 4 is 17.8 Å². The summed E-state index contributed by atoms with van der Waals surface area (Å²) in [4.78, 5) is 42.1. The van der Waals surface area contributed by atoms with E-state index in [4.69, 9.17) is 4.84 Å². The first-order valence-corrected chi connectivity index (χ1v) is 7.99. The lowest BCUT2D eigenvalue weighted by atomic mass is 9.71. The molecule has 3 atom stereocenters. The SMILES string of the molecule is O=C(ON1C(=O)c2ccccc2C1=O)C1CC2C=CCC(C2)C1. The van der Waals surface area contributed by atoms with E-state index >= 15 is 0 Å². The number of hydroxylamine groups is 2. The molecule has 5 nitrogen and oxygen atoms in total. The van der Waals surface area contributed by atoms with Crippen LogP contribution in [0.1, 0.15) is 46.4 Å². The summed E-state index contributed by atoms with van der Waals surface area (Å²) in [6.45, 7) is 0. The van der Waals surface area contributed by atoms with Crippen molar-refractivity contribution in [3.63, 3.8) is 0 Å². The summed E-state index contributed by atoms with van der Waals surface area (Å²) in [6, 6.07) is 6.51. The Morgan fingerprint density at radius 2 is 1.74 bits per heavy atom. The van der Waals surface area contributed by atoms with Crippen molar-refractivity contribution in [2.45, 2.75) is 25.7 Å². The third kappa shape index (κ3) is 2.36. The van der Waals surface area contributed by atoms with Gasteiger partial charge in [0, 0.05) is 0 Å². The van der Waals surface area contributed by atoms with Crippen LogP contribution in [0.2, 0.25) is 0 Å². The molecule has 118 valence electrons. The van der Waals surface area contributed by atoms with Crippen LogP contribution in [-0.2, 0) is 9.63 Å². The number of hydrogen-bond donors (Lipinski definition) is 0. The average molecular weight is 311 g/mol. The van der Waals surface area contributed by atoms with Gasteiger partial charge in [-0.2, -0.15) is 0 Å². The standard InChI is InChI=1S/C18H17NO4/c20-16-14-6-1-2-7-15(14)17(21)19(16)23-18(22)13-9-11-4-3-5-12(8-11)10-13/h1-4,6-7,11-13H,5,8-10H2. The second kappa shape index (κ2) is 5.33. The molecule has 1 aliphatic heterocycles. The molecule has 1 heterocycles. The Morgan fingerprint density at radius 3 is 2.39 bits per heavy atom. The number of amides is 2. The summed E-state index contributed by atoms with van der Waals surface area (Å²) in [7, 11) is 0. The molecule has 3 aliphatic rings. The fourth-order valence-electron chi connectivity index (χ4n) is 3.90. The quantitative estimate of drug-likeness (QED) is 0.622. The van der Waals surface area contributed by atoms with Gasteiger partial charge in [-0.15, -0.1) is 0 Å². The Kier molecular flexibility index (Phi) is 3.29. The van der Waals surface area contributed by atoms with Crippen molar-refractivity contribution in [2.75, 3.05) is 0 Å². The molecular weight excluding hydrogens is 294 g/mol. The highest BCUT2D eigenvalue weighted by Crippen LogP contribution is 2.40. The number of carbonyl (C=O) groups is 3. The van der Waals surface area contributed by atoms with Crippen LogP contribution in [0.15, 0.2) is 36.4 Å². The zero-order valence-electron chi connectivity index (χ0n) is 12.6. The number of carbonyl (C=O) groups excluding carboxylic acids is 3. The van der Waals surface area contributed by atoms with E-state index in [1.165, 1.54) is 0 Å². The van der Waals surface area contributed by atoms with Crippen molar-refractivity contribution in [2.24, 2.45) is 17.8 Å². The molecule has 0 saturated heterocycles. The second-order valence-corrected chi connectivity index (χ2v) is 6.55. The number of nitrogens with zero attached hydrogens (tertiary/aromatic N) is 1. The molecule has 2 aliphatic carbocycles. The van der Waals surface area contributed by atoms with Crippen molar-refractivity contribution in [3.8, 4) is 0 Å². The monoisotopic (exact) mass is 311 g/mol. The van der Waals surface area contributed by atoms with Gasteiger partial charge in [-0.3, -0.25) is 9.59 Å². The maximum Gasteiger partial charge on any atom is 0.336 e. The lowest BCUT2D eigenvalue weighted by Gasteiger charge is -2.34. The highest BCUT2D eigenvalue weighted by molar-refractivity contribution is 6.20. The van der Waals surface area contributed by atoms with Crippen molar-refractivity contribution < 1.29 is 19.2 Å². The number of benzene rings is 1. The molecule has 1 aromatic rings. The summed E-state index contributed by atoms with van der Waals surface area (Å²) in [5, 5.41) is 0.618. The predicted octanol–water partition coefficient (Wildman–Crippen LogP) is 2.73. The lowest BCUT2D eigenvalue weighted by molar-refractivity contribution is -0.176. The molecule has 5 heteroatoms. The third-order valence-electron chi connectivity index (χ3n) is 4.99. The van der Waals surface area contributed by atoms with Crippen LogP contribution in [0.5, 0.6) is 0 Å². The van der Waals surface area contributed by atoms with E-state index in [1.54, 1.807) is 24.3 Å². The Labute approximate surface area is 133 Å². The van der Waals surface area contributed by atoms with Crippen molar-refractivity contribution in [3.05, 3.63) is 47.5 Å². The van der Waals surface area contributed by atoms with Gasteiger partial charge >= 0.3 is 5.97 Å². The van der Waals surface area contributed by atoms with E-state index < -0.39 is 17.8 Å².